The van der Waals surface area contributed by atoms with E-state index in [2.05, 4.69) is 9.97 Å². The summed E-state index contributed by atoms with van der Waals surface area (Å²) in [6, 6.07) is 3.63. The van der Waals surface area contributed by atoms with E-state index in [9.17, 15) is 18.0 Å². The number of alkyl halides is 3. The smallest absolute Gasteiger partial charge is 0.420 e. The molecule has 0 bridgehead atoms. The van der Waals surface area contributed by atoms with Crippen LogP contribution in [0.1, 0.15) is 45.9 Å². The Labute approximate surface area is 206 Å². The van der Waals surface area contributed by atoms with Crippen molar-refractivity contribution in [2.75, 3.05) is 16.8 Å². The number of hydrogen-bond acceptors (Lipinski definition) is 7. The third-order valence-corrected chi connectivity index (χ3v) is 4.40. The molecule has 0 fully saturated rings. The van der Waals surface area contributed by atoms with Crippen LogP contribution in [0.5, 0.6) is 5.75 Å². The highest BCUT2D eigenvalue weighted by Gasteiger charge is 2.39. The summed E-state index contributed by atoms with van der Waals surface area (Å²) < 4.78 is 53.0. The number of ether oxygens (including phenoxy) is 2. The molecule has 1 amide bonds. The lowest BCUT2D eigenvalue weighted by Crippen LogP contribution is -2.43. The monoisotopic (exact) mass is 512 g/mol. The van der Waals surface area contributed by atoms with Crippen molar-refractivity contribution in [1.82, 2.24) is 9.97 Å². The van der Waals surface area contributed by atoms with Gasteiger partial charge >= 0.3 is 12.3 Å². The predicted molar refractivity (Wildman–Crippen MR) is 130 cm³/mol. The van der Waals surface area contributed by atoms with E-state index in [-0.39, 0.29) is 17.5 Å². The Morgan fingerprint density at radius 3 is 2.34 bits per heavy atom. The van der Waals surface area contributed by atoms with Crippen LogP contribution in [0, 0.1) is 5.41 Å². The fourth-order valence-electron chi connectivity index (χ4n) is 2.77. The van der Waals surface area contributed by atoms with Gasteiger partial charge in [-0.15, -0.1) is 0 Å². The van der Waals surface area contributed by atoms with Crippen LogP contribution in [0.4, 0.5) is 29.5 Å². The summed E-state index contributed by atoms with van der Waals surface area (Å²) in [6.07, 6.45) is -3.61. The summed E-state index contributed by atoms with van der Waals surface area (Å²) in [4.78, 5) is 21.8. The van der Waals surface area contributed by atoms with Crippen LogP contribution in [0.25, 0.3) is 0 Å². The molecule has 0 saturated heterocycles. The van der Waals surface area contributed by atoms with Gasteiger partial charge in [0.05, 0.1) is 18.0 Å². The summed E-state index contributed by atoms with van der Waals surface area (Å²) in [5.41, 5.74) is 3.37. The van der Waals surface area contributed by atoms with E-state index in [0.717, 1.165) is 11.1 Å². The van der Waals surface area contributed by atoms with Crippen LogP contribution >= 0.6 is 12.2 Å². The van der Waals surface area contributed by atoms with Crippen molar-refractivity contribution in [2.24, 2.45) is 5.73 Å². The van der Waals surface area contributed by atoms with Crippen molar-refractivity contribution in [3.63, 3.8) is 0 Å². The minimum atomic E-state index is -4.92. The number of carbonyl (C=O) groups excluding carboxylic acids is 1. The molecule has 0 radical (unpaired) electrons. The lowest BCUT2D eigenvalue weighted by atomic mass is 10.2. The van der Waals surface area contributed by atoms with Crippen molar-refractivity contribution in [3.8, 4) is 5.75 Å². The Bertz CT molecular complexity index is 1120. The Balaban J connectivity index is 2.55. The molecule has 0 aromatic carbocycles. The van der Waals surface area contributed by atoms with Crippen molar-refractivity contribution < 1.29 is 27.4 Å². The molecule has 0 atom stereocenters. The van der Waals surface area contributed by atoms with Gasteiger partial charge < -0.3 is 15.2 Å². The van der Waals surface area contributed by atoms with Crippen molar-refractivity contribution >= 4 is 40.8 Å². The lowest BCUT2D eigenvalue weighted by molar-refractivity contribution is -0.137. The van der Waals surface area contributed by atoms with Gasteiger partial charge in [-0.1, -0.05) is 0 Å². The SMILES string of the molecule is CC(C)Oc1ccnc(C(=N)N(C(N)=S)c2ncc(N(C)C(=O)OC(C)(C)C)cc2C(F)(F)F)c1. The van der Waals surface area contributed by atoms with E-state index in [1.54, 1.807) is 40.7 Å². The topological polar surface area (TPSA) is 118 Å². The van der Waals surface area contributed by atoms with Gasteiger partial charge in [-0.05, 0) is 59.0 Å². The number of halogens is 3. The van der Waals surface area contributed by atoms with Crippen LogP contribution in [0.3, 0.4) is 0 Å². The zero-order chi connectivity index (χ0) is 26.7. The minimum absolute atomic E-state index is 0.0409. The van der Waals surface area contributed by atoms with E-state index < -0.39 is 40.2 Å². The van der Waals surface area contributed by atoms with E-state index in [1.165, 1.54) is 19.3 Å². The van der Waals surface area contributed by atoms with Crippen molar-refractivity contribution in [3.05, 3.63) is 41.9 Å². The summed E-state index contributed by atoms with van der Waals surface area (Å²) >= 11 is 4.96. The zero-order valence-electron chi connectivity index (χ0n) is 20.1. The molecule has 0 aliphatic rings. The molecule has 0 aliphatic carbocycles. The molecular formula is C22H27F3N6O3S. The fourth-order valence-corrected chi connectivity index (χ4v) is 2.95. The standard InChI is InChI=1S/C22H27F3N6O3S/c1-12(2)33-14-7-8-28-16(10-14)17(26)31(19(27)35)18-15(22(23,24)25)9-13(11-29-18)30(6)20(32)34-21(3,4)5/h7-12,26H,1-6H3,(H2,27,35). The maximum Gasteiger partial charge on any atom is 0.420 e. The second-order valence-electron chi connectivity index (χ2n) is 8.67. The first-order valence-corrected chi connectivity index (χ1v) is 10.8. The number of pyridine rings is 2. The Morgan fingerprint density at radius 1 is 1.20 bits per heavy atom. The average molecular weight is 513 g/mol. The molecule has 190 valence electrons. The van der Waals surface area contributed by atoms with E-state index in [4.69, 9.17) is 32.8 Å². The van der Waals surface area contributed by atoms with Gasteiger partial charge in [-0.2, -0.15) is 13.2 Å². The summed E-state index contributed by atoms with van der Waals surface area (Å²) in [5.74, 6) is -0.928. The highest BCUT2D eigenvalue weighted by molar-refractivity contribution is 7.80. The first-order valence-electron chi connectivity index (χ1n) is 10.4. The van der Waals surface area contributed by atoms with Gasteiger partial charge in [0.15, 0.2) is 16.8 Å². The largest absolute Gasteiger partial charge is 0.491 e. The molecule has 35 heavy (non-hydrogen) atoms. The number of anilines is 2. The maximum absolute atomic E-state index is 14.1. The molecule has 0 unspecified atom stereocenters. The second kappa shape index (κ2) is 10.4. The van der Waals surface area contributed by atoms with Crippen LogP contribution in [-0.4, -0.2) is 45.8 Å². The number of nitrogens with zero attached hydrogens (tertiary/aromatic N) is 4. The number of nitrogens with two attached hydrogens (primary N) is 1. The minimum Gasteiger partial charge on any atom is -0.491 e. The number of thiocarbonyl (C=S) groups is 1. The Hall–Kier alpha value is -3.48. The number of hydrogen-bond donors (Lipinski definition) is 2. The van der Waals surface area contributed by atoms with Gasteiger partial charge in [-0.25, -0.2) is 9.78 Å². The fraction of sp³-hybridized carbons (Fsp3) is 0.409. The molecule has 2 aromatic heterocycles. The van der Waals surface area contributed by atoms with Gasteiger partial charge in [0.1, 0.15) is 22.6 Å². The second-order valence-corrected chi connectivity index (χ2v) is 9.09. The Kier molecular flexibility index (Phi) is 8.27. The highest BCUT2D eigenvalue weighted by Crippen LogP contribution is 2.38. The van der Waals surface area contributed by atoms with Crippen LogP contribution in [-0.2, 0) is 10.9 Å². The molecule has 0 spiro atoms. The number of carbonyl (C=O) groups is 1. The number of nitrogens with one attached hydrogen (secondary N) is 1. The normalized spacial score (nSPS) is 11.7. The molecule has 13 heteroatoms. The van der Waals surface area contributed by atoms with Crippen LogP contribution in [0.2, 0.25) is 0 Å². The van der Waals surface area contributed by atoms with Gasteiger partial charge in [0.2, 0.25) is 0 Å². The van der Waals surface area contributed by atoms with Crippen LogP contribution in [0.15, 0.2) is 30.6 Å². The van der Waals surface area contributed by atoms with Crippen LogP contribution < -0.4 is 20.3 Å². The van der Waals surface area contributed by atoms with E-state index in [0.29, 0.717) is 16.7 Å². The molecule has 2 heterocycles. The van der Waals surface area contributed by atoms with Crippen molar-refractivity contribution in [2.45, 2.75) is 52.5 Å². The Morgan fingerprint density at radius 2 is 1.83 bits per heavy atom. The molecule has 3 N–H and O–H groups in total. The first-order chi connectivity index (χ1) is 16.0. The number of rotatable bonds is 5. The number of aromatic nitrogens is 2. The number of amides is 1. The molecule has 9 nitrogen and oxygen atoms in total. The van der Waals surface area contributed by atoms with Gasteiger partial charge in [0, 0.05) is 19.3 Å². The third kappa shape index (κ3) is 7.25. The average Bonchev–Trinajstić information content (AvgIpc) is 2.71. The van der Waals surface area contributed by atoms with Gasteiger partial charge in [0.25, 0.3) is 0 Å². The summed E-state index contributed by atoms with van der Waals surface area (Å²) in [5, 5.41) is 7.93. The number of amidine groups is 1. The summed E-state index contributed by atoms with van der Waals surface area (Å²) in [6.45, 7) is 8.47. The third-order valence-electron chi connectivity index (χ3n) is 4.21. The molecular weight excluding hydrogens is 485 g/mol. The van der Waals surface area contributed by atoms with Gasteiger partial charge in [-0.3, -0.25) is 20.2 Å². The first kappa shape index (κ1) is 27.8. The predicted octanol–water partition coefficient (Wildman–Crippen LogP) is 4.73. The lowest BCUT2D eigenvalue weighted by Gasteiger charge is -2.27. The zero-order valence-corrected chi connectivity index (χ0v) is 20.9. The van der Waals surface area contributed by atoms with E-state index >= 15 is 0 Å². The molecule has 0 aliphatic heterocycles. The maximum atomic E-state index is 14.1. The van der Waals surface area contributed by atoms with E-state index in [1.807, 2.05) is 0 Å². The highest BCUT2D eigenvalue weighted by atomic mass is 32.1. The molecule has 2 rings (SSSR count). The molecule has 2 aromatic rings. The quantitative estimate of drug-likeness (QED) is 0.335. The van der Waals surface area contributed by atoms with Crippen molar-refractivity contribution in [1.29, 1.82) is 5.41 Å². The molecule has 0 saturated carbocycles. The summed E-state index contributed by atoms with van der Waals surface area (Å²) in [7, 11) is 1.25.